The zero-order valence-electron chi connectivity index (χ0n) is 9.80. The molecule has 0 saturated heterocycles. The molecule has 0 fully saturated rings. The fourth-order valence-corrected chi connectivity index (χ4v) is 1.28. The number of ether oxygens (including phenoxy) is 1. The van der Waals surface area contributed by atoms with Crippen molar-refractivity contribution < 1.29 is 9.13 Å². The van der Waals surface area contributed by atoms with Crippen LogP contribution in [0.3, 0.4) is 0 Å². The Morgan fingerprint density at radius 2 is 2.00 bits per heavy atom. The monoisotopic (exact) mass is 221 g/mol. The molecule has 1 aromatic carbocycles. The van der Waals surface area contributed by atoms with Crippen LogP contribution in [-0.4, -0.2) is 6.61 Å². The molecule has 1 aliphatic rings. The maximum atomic E-state index is 13.6. The molecule has 0 amide bonds. The third-order valence-corrected chi connectivity index (χ3v) is 2.19. The zero-order chi connectivity index (χ0) is 11.8. The highest BCUT2D eigenvalue weighted by molar-refractivity contribution is 5.74. The molecule has 0 bridgehead atoms. The lowest BCUT2D eigenvalue weighted by molar-refractivity contribution is 0.191. The van der Waals surface area contributed by atoms with Crippen molar-refractivity contribution in [3.8, 4) is 5.75 Å². The molecular weight excluding hydrogens is 205 g/mol. The smallest absolute Gasteiger partial charge is 0.165 e. The molecule has 0 unspecified atom stereocenters. The molecular formula is C13H16FNO. The van der Waals surface area contributed by atoms with Crippen molar-refractivity contribution >= 4 is 5.70 Å². The van der Waals surface area contributed by atoms with Crippen molar-refractivity contribution in [3.63, 3.8) is 0 Å². The minimum absolute atomic E-state index is 0.0334. The second-order valence-corrected chi connectivity index (χ2v) is 5.20. The molecule has 1 aliphatic heterocycles. The third-order valence-electron chi connectivity index (χ3n) is 2.19. The van der Waals surface area contributed by atoms with E-state index >= 15 is 0 Å². The minimum Gasteiger partial charge on any atom is -0.490 e. The van der Waals surface area contributed by atoms with Crippen molar-refractivity contribution in [1.82, 2.24) is 5.32 Å². The van der Waals surface area contributed by atoms with Gasteiger partial charge in [-0.25, -0.2) is 4.39 Å². The lowest BCUT2D eigenvalue weighted by atomic mass is 9.99. The second kappa shape index (κ2) is 3.81. The van der Waals surface area contributed by atoms with Crippen LogP contribution in [-0.2, 0) is 0 Å². The van der Waals surface area contributed by atoms with Crippen molar-refractivity contribution in [2.24, 2.45) is 5.41 Å². The van der Waals surface area contributed by atoms with Crippen LogP contribution in [0.5, 0.6) is 5.75 Å². The highest BCUT2D eigenvalue weighted by atomic mass is 19.1. The Labute approximate surface area is 95.1 Å². The van der Waals surface area contributed by atoms with Gasteiger partial charge in [-0.2, -0.15) is 0 Å². The van der Waals surface area contributed by atoms with Gasteiger partial charge in [-0.3, -0.25) is 0 Å². The van der Waals surface area contributed by atoms with E-state index in [0.29, 0.717) is 12.4 Å². The molecule has 0 aromatic heterocycles. The Hall–Kier alpha value is -1.51. The van der Waals surface area contributed by atoms with E-state index in [4.69, 9.17) is 4.74 Å². The highest BCUT2D eigenvalue weighted by Crippen LogP contribution is 2.26. The first-order valence-electron chi connectivity index (χ1n) is 5.35. The second-order valence-electron chi connectivity index (χ2n) is 5.20. The summed E-state index contributed by atoms with van der Waals surface area (Å²) in [6.07, 6.45) is 1.84. The summed E-state index contributed by atoms with van der Waals surface area (Å²) in [5, 5.41) is 2.94. The molecule has 1 aromatic rings. The Morgan fingerprint density at radius 3 is 2.50 bits per heavy atom. The average molecular weight is 221 g/mol. The number of hydrogen-bond acceptors (Lipinski definition) is 2. The van der Waals surface area contributed by atoms with Crippen molar-refractivity contribution in [2.45, 2.75) is 20.8 Å². The summed E-state index contributed by atoms with van der Waals surface area (Å²) in [6.45, 7) is 6.67. The molecule has 0 aliphatic carbocycles. The highest BCUT2D eigenvalue weighted by Gasteiger charge is 2.15. The quantitative estimate of drug-likeness (QED) is 0.850. The average Bonchev–Trinajstić information content (AvgIpc) is 2.97. The topological polar surface area (TPSA) is 31.2 Å². The summed E-state index contributed by atoms with van der Waals surface area (Å²) >= 11 is 0. The van der Waals surface area contributed by atoms with E-state index in [9.17, 15) is 4.39 Å². The first kappa shape index (κ1) is 11.0. The predicted molar refractivity (Wildman–Crippen MR) is 62.5 cm³/mol. The maximum absolute atomic E-state index is 13.6. The lowest BCUT2D eigenvalue weighted by Gasteiger charge is -2.19. The molecule has 1 N–H and O–H groups in total. The molecule has 0 spiro atoms. The van der Waals surface area contributed by atoms with Gasteiger partial charge in [0.05, 0.1) is 12.3 Å². The molecule has 86 valence electrons. The van der Waals surface area contributed by atoms with Gasteiger partial charge in [-0.15, -0.1) is 0 Å². The van der Waals surface area contributed by atoms with Crippen molar-refractivity contribution in [3.05, 3.63) is 35.8 Å². The standard InChI is InChI=1S/C13H16FNO/c1-13(2,3)8-16-12-5-4-9(6-10(12)14)11-7-15-11/h4-7,15H,8H2,1-3H3. The fourth-order valence-electron chi connectivity index (χ4n) is 1.28. The van der Waals surface area contributed by atoms with Crippen LogP contribution in [0.25, 0.3) is 5.70 Å². The van der Waals surface area contributed by atoms with Gasteiger partial charge >= 0.3 is 0 Å². The van der Waals surface area contributed by atoms with E-state index in [1.807, 2.05) is 12.3 Å². The van der Waals surface area contributed by atoms with Crippen LogP contribution in [0.15, 0.2) is 24.4 Å². The first-order chi connectivity index (χ1) is 7.46. The largest absolute Gasteiger partial charge is 0.490 e. The van der Waals surface area contributed by atoms with Crippen LogP contribution < -0.4 is 10.1 Å². The van der Waals surface area contributed by atoms with E-state index < -0.39 is 0 Å². The van der Waals surface area contributed by atoms with Gasteiger partial charge in [0.2, 0.25) is 0 Å². The third kappa shape index (κ3) is 2.75. The molecule has 16 heavy (non-hydrogen) atoms. The Morgan fingerprint density at radius 1 is 1.31 bits per heavy atom. The number of benzene rings is 1. The van der Waals surface area contributed by atoms with Gasteiger partial charge in [0, 0.05) is 11.8 Å². The van der Waals surface area contributed by atoms with E-state index in [0.717, 1.165) is 11.3 Å². The van der Waals surface area contributed by atoms with Gasteiger partial charge in [0.1, 0.15) is 0 Å². The van der Waals surface area contributed by atoms with E-state index in [-0.39, 0.29) is 11.2 Å². The molecule has 1 heterocycles. The Kier molecular flexibility index (Phi) is 2.62. The molecule has 0 atom stereocenters. The summed E-state index contributed by atoms with van der Waals surface area (Å²) in [4.78, 5) is 0. The number of halogens is 1. The molecule has 0 radical (unpaired) electrons. The Bertz CT molecular complexity index is 432. The molecule has 2 rings (SSSR count). The molecule has 0 saturated carbocycles. The number of nitrogens with one attached hydrogen (secondary N) is 1. The van der Waals surface area contributed by atoms with E-state index in [1.54, 1.807) is 6.07 Å². The lowest BCUT2D eigenvalue weighted by Crippen LogP contribution is -2.17. The minimum atomic E-state index is -0.309. The van der Waals surface area contributed by atoms with Gasteiger partial charge in [0.15, 0.2) is 11.6 Å². The van der Waals surface area contributed by atoms with Gasteiger partial charge in [-0.1, -0.05) is 20.8 Å². The van der Waals surface area contributed by atoms with Gasteiger partial charge in [0.25, 0.3) is 0 Å². The maximum Gasteiger partial charge on any atom is 0.165 e. The van der Waals surface area contributed by atoms with Crippen LogP contribution >= 0.6 is 0 Å². The van der Waals surface area contributed by atoms with Gasteiger partial charge < -0.3 is 10.1 Å². The number of hydrogen-bond donors (Lipinski definition) is 1. The SMILES string of the molecule is CC(C)(C)COc1ccc(C2=CN2)cc1F. The predicted octanol–water partition coefficient (Wildman–Crippen LogP) is 3.15. The molecule has 3 heteroatoms. The normalized spacial score (nSPS) is 14.1. The van der Waals surface area contributed by atoms with Crippen LogP contribution in [0.4, 0.5) is 4.39 Å². The van der Waals surface area contributed by atoms with Crippen LogP contribution in [0, 0.1) is 11.2 Å². The first-order valence-corrected chi connectivity index (χ1v) is 5.35. The van der Waals surface area contributed by atoms with Crippen LogP contribution in [0.1, 0.15) is 26.3 Å². The van der Waals surface area contributed by atoms with Crippen molar-refractivity contribution in [1.29, 1.82) is 0 Å². The fraction of sp³-hybridized carbons (Fsp3) is 0.385. The van der Waals surface area contributed by atoms with Crippen molar-refractivity contribution in [2.75, 3.05) is 6.61 Å². The van der Waals surface area contributed by atoms with E-state index in [2.05, 4.69) is 26.1 Å². The summed E-state index contributed by atoms with van der Waals surface area (Å²) in [6, 6.07) is 5.02. The number of rotatable bonds is 3. The summed E-state index contributed by atoms with van der Waals surface area (Å²) in [5.41, 5.74) is 1.87. The summed E-state index contributed by atoms with van der Waals surface area (Å²) in [5.74, 6) is 0.0104. The zero-order valence-corrected chi connectivity index (χ0v) is 9.80. The Balaban J connectivity index is 2.07. The van der Waals surface area contributed by atoms with Crippen LogP contribution in [0.2, 0.25) is 0 Å². The molecule has 2 nitrogen and oxygen atoms in total. The van der Waals surface area contributed by atoms with E-state index in [1.165, 1.54) is 6.07 Å². The summed E-state index contributed by atoms with van der Waals surface area (Å²) < 4.78 is 19.1. The van der Waals surface area contributed by atoms with Gasteiger partial charge in [-0.05, 0) is 23.6 Å². The summed E-state index contributed by atoms with van der Waals surface area (Å²) in [7, 11) is 0.